The van der Waals surface area contributed by atoms with Gasteiger partial charge in [-0.3, -0.25) is 14.6 Å². The minimum Gasteiger partial charge on any atom is -0.381 e. The highest BCUT2D eigenvalue weighted by molar-refractivity contribution is 6.09. The van der Waals surface area contributed by atoms with Crippen LogP contribution in [-0.4, -0.2) is 45.3 Å². The van der Waals surface area contributed by atoms with E-state index >= 15 is 0 Å². The summed E-state index contributed by atoms with van der Waals surface area (Å²) in [6.07, 6.45) is 7.41. The second-order valence-corrected chi connectivity index (χ2v) is 12.9. The molecule has 8 rings (SSSR count). The van der Waals surface area contributed by atoms with Crippen molar-refractivity contribution in [3.05, 3.63) is 99.0 Å². The van der Waals surface area contributed by atoms with Crippen LogP contribution < -0.4 is 5.56 Å². The average molecular weight is 632 g/mol. The van der Waals surface area contributed by atoms with Gasteiger partial charge in [-0.2, -0.15) is 10.4 Å². The Morgan fingerprint density at radius 1 is 1.06 bits per heavy atom. The van der Waals surface area contributed by atoms with Gasteiger partial charge in [0.2, 0.25) is 0 Å². The molecule has 1 amide bonds. The van der Waals surface area contributed by atoms with Gasteiger partial charge in [-0.15, -0.1) is 0 Å². The van der Waals surface area contributed by atoms with Gasteiger partial charge >= 0.3 is 0 Å². The van der Waals surface area contributed by atoms with Gasteiger partial charge in [0.1, 0.15) is 11.9 Å². The molecule has 6 heterocycles. The van der Waals surface area contributed by atoms with Crippen molar-refractivity contribution >= 4 is 16.8 Å². The van der Waals surface area contributed by atoms with Crippen molar-refractivity contribution in [2.24, 2.45) is 5.92 Å². The van der Waals surface area contributed by atoms with Crippen LogP contribution in [0.1, 0.15) is 84.0 Å². The number of nitrogens with one attached hydrogen (secondary N) is 1. The molecule has 2 aromatic carbocycles. The van der Waals surface area contributed by atoms with E-state index in [4.69, 9.17) is 19.5 Å². The van der Waals surface area contributed by atoms with Crippen LogP contribution in [0.15, 0.2) is 64.0 Å². The van der Waals surface area contributed by atoms with Gasteiger partial charge in [-0.25, -0.2) is 4.39 Å². The number of carbonyl (C=O) groups is 1. The van der Waals surface area contributed by atoms with Gasteiger partial charge in [0.25, 0.3) is 11.5 Å². The number of hydrogen-bond acceptors (Lipinski definition) is 6. The van der Waals surface area contributed by atoms with Crippen molar-refractivity contribution < 1.29 is 18.4 Å². The Hall–Kier alpha value is -5.01. The first-order valence-electron chi connectivity index (χ1n) is 16.4. The van der Waals surface area contributed by atoms with E-state index in [0.29, 0.717) is 35.8 Å². The zero-order chi connectivity index (χ0) is 32.2. The van der Waals surface area contributed by atoms with E-state index in [1.165, 1.54) is 18.2 Å². The molecule has 0 bridgehead atoms. The number of pyridine rings is 1. The summed E-state index contributed by atoms with van der Waals surface area (Å²) >= 11 is 0. The van der Waals surface area contributed by atoms with E-state index in [1.807, 2.05) is 42.3 Å². The molecule has 0 unspecified atom stereocenters. The number of carbonyl (C=O) groups excluding carboxylic acids is 1. The molecule has 2 fully saturated rings. The SMILES string of the molecule is C[C@@H](c1ccc(C#N)c(F)c1)n1ccc2cc(-c3c4c(nc(CCC5CCOCC5)c3-c3cc(=O)[nH]o3)[C@H]3CCCN3C4=O)ccc21. The molecule has 47 heavy (non-hydrogen) atoms. The Morgan fingerprint density at radius 2 is 1.91 bits per heavy atom. The number of ether oxygens (including phenoxy) is 1. The highest BCUT2D eigenvalue weighted by Crippen LogP contribution is 2.48. The number of nitrogens with zero attached hydrogens (tertiary/aromatic N) is 4. The number of rotatable bonds is 7. The molecule has 1 N–H and O–H groups in total. The smallest absolute Gasteiger partial charge is 0.280 e. The quantitative estimate of drug-likeness (QED) is 0.208. The Balaban J connectivity index is 1.28. The summed E-state index contributed by atoms with van der Waals surface area (Å²) in [7, 11) is 0. The summed E-state index contributed by atoms with van der Waals surface area (Å²) in [5.41, 5.74) is 5.87. The van der Waals surface area contributed by atoms with Gasteiger partial charge in [0.15, 0.2) is 5.76 Å². The lowest BCUT2D eigenvalue weighted by molar-refractivity contribution is 0.0639. The number of amides is 1. The Bertz CT molecular complexity index is 2130. The lowest BCUT2D eigenvalue weighted by atomic mass is 9.87. The molecule has 2 atom stereocenters. The first-order chi connectivity index (χ1) is 22.9. The molecule has 3 aliphatic heterocycles. The van der Waals surface area contributed by atoms with Gasteiger partial charge in [-0.1, -0.05) is 12.1 Å². The Morgan fingerprint density at radius 3 is 2.68 bits per heavy atom. The standard InChI is InChI=1S/C37H34FN5O4/c1-21(23-5-6-26(20-39)27(38)18-23)42-14-10-24-17-25(7-9-29(24)42)33-34(31-19-32(44)41-47-31)28(8-4-22-11-15-46-16-12-22)40-36-30-3-2-13-43(30)37(45)35(33)36/h5-7,9-10,14,17-19,21-22,30H,2-4,8,11-13,15-16H2,1H3,(H,41,44)/t21-,30+/m0/s1. The maximum Gasteiger partial charge on any atom is 0.280 e. The van der Waals surface area contributed by atoms with Crippen LogP contribution in [0.5, 0.6) is 0 Å². The summed E-state index contributed by atoms with van der Waals surface area (Å²) in [5.74, 6) is 0.315. The number of benzene rings is 2. The van der Waals surface area contributed by atoms with Crippen molar-refractivity contribution in [1.29, 1.82) is 5.26 Å². The van der Waals surface area contributed by atoms with E-state index in [2.05, 4.69) is 15.8 Å². The first-order valence-corrected chi connectivity index (χ1v) is 16.4. The van der Waals surface area contributed by atoms with Gasteiger partial charge < -0.3 is 18.7 Å². The number of H-pyrrole nitrogens is 1. The molecule has 0 spiro atoms. The van der Waals surface area contributed by atoms with E-state index in [1.54, 1.807) is 6.07 Å². The lowest BCUT2D eigenvalue weighted by Crippen LogP contribution is -2.22. The molecule has 5 aromatic rings. The molecular weight excluding hydrogens is 597 g/mol. The monoisotopic (exact) mass is 631 g/mol. The number of aromatic amines is 1. The summed E-state index contributed by atoms with van der Waals surface area (Å²) in [6.45, 7) is 4.21. The van der Waals surface area contributed by atoms with Crippen LogP contribution in [0, 0.1) is 23.1 Å². The minimum absolute atomic E-state index is 0.0176. The second kappa shape index (κ2) is 11.7. The predicted octanol–water partition coefficient (Wildman–Crippen LogP) is 6.92. The fourth-order valence-corrected chi connectivity index (χ4v) is 7.77. The number of aromatic nitrogens is 3. The molecule has 0 saturated carbocycles. The number of hydrogen-bond donors (Lipinski definition) is 1. The summed E-state index contributed by atoms with van der Waals surface area (Å²) in [4.78, 5) is 33.6. The third-order valence-corrected chi connectivity index (χ3v) is 10.3. The van der Waals surface area contributed by atoms with Crippen LogP contribution in [0.3, 0.4) is 0 Å². The van der Waals surface area contributed by atoms with Gasteiger partial charge in [0.05, 0.1) is 46.2 Å². The van der Waals surface area contributed by atoms with E-state index < -0.39 is 5.82 Å². The van der Waals surface area contributed by atoms with E-state index in [0.717, 1.165) is 84.3 Å². The van der Waals surface area contributed by atoms with E-state index in [-0.39, 0.29) is 29.1 Å². The normalized spacial score (nSPS) is 18.4. The average Bonchev–Trinajstić information content (AvgIpc) is 3.89. The number of aryl methyl sites for hydroxylation is 1. The van der Waals surface area contributed by atoms with Crippen molar-refractivity contribution in [3.63, 3.8) is 0 Å². The van der Waals surface area contributed by atoms with Crippen LogP contribution in [-0.2, 0) is 11.2 Å². The molecular formula is C37H34FN5O4. The molecule has 9 nitrogen and oxygen atoms in total. The summed E-state index contributed by atoms with van der Waals surface area (Å²) < 4.78 is 27.9. The fourth-order valence-electron chi connectivity index (χ4n) is 7.77. The van der Waals surface area contributed by atoms with Crippen molar-refractivity contribution in [2.45, 2.75) is 57.5 Å². The highest BCUT2D eigenvalue weighted by atomic mass is 19.1. The maximum atomic E-state index is 14.5. The molecule has 3 aromatic heterocycles. The molecule has 0 radical (unpaired) electrons. The topological polar surface area (TPSA) is 117 Å². The maximum absolute atomic E-state index is 14.5. The van der Waals surface area contributed by atoms with Gasteiger partial charge in [-0.05, 0) is 92.8 Å². The fraction of sp³-hybridized carbons (Fsp3) is 0.351. The zero-order valence-corrected chi connectivity index (χ0v) is 26.1. The van der Waals surface area contributed by atoms with Crippen molar-refractivity contribution in [2.75, 3.05) is 19.8 Å². The third-order valence-electron chi connectivity index (χ3n) is 10.3. The van der Waals surface area contributed by atoms with Crippen LogP contribution in [0.25, 0.3) is 33.4 Å². The van der Waals surface area contributed by atoms with Crippen molar-refractivity contribution in [1.82, 2.24) is 19.6 Å². The van der Waals surface area contributed by atoms with Crippen LogP contribution >= 0.6 is 0 Å². The second-order valence-electron chi connectivity index (χ2n) is 12.9. The number of fused-ring (bicyclic) bond motifs is 4. The molecule has 0 aliphatic carbocycles. The summed E-state index contributed by atoms with van der Waals surface area (Å²) in [6, 6.07) is 15.9. The van der Waals surface area contributed by atoms with Crippen molar-refractivity contribution in [3.8, 4) is 28.5 Å². The minimum atomic E-state index is -0.538. The summed E-state index contributed by atoms with van der Waals surface area (Å²) in [5, 5.41) is 12.6. The predicted molar refractivity (Wildman–Crippen MR) is 173 cm³/mol. The van der Waals surface area contributed by atoms with E-state index in [9.17, 15) is 14.0 Å². The zero-order valence-electron chi connectivity index (χ0n) is 26.1. The lowest BCUT2D eigenvalue weighted by Gasteiger charge is -2.23. The first kappa shape index (κ1) is 29.4. The molecule has 238 valence electrons. The molecule has 2 saturated heterocycles. The molecule has 10 heteroatoms. The Kier molecular flexibility index (Phi) is 7.29. The molecule has 3 aliphatic rings. The number of halogens is 1. The van der Waals surface area contributed by atoms with Crippen LogP contribution in [0.2, 0.25) is 0 Å². The Labute approximate surface area is 270 Å². The van der Waals surface area contributed by atoms with Gasteiger partial charge in [0, 0.05) is 42.4 Å². The highest BCUT2D eigenvalue weighted by Gasteiger charge is 2.44. The third kappa shape index (κ3) is 4.97. The number of nitriles is 1. The van der Waals surface area contributed by atoms with Crippen LogP contribution in [0.4, 0.5) is 4.39 Å². The largest absolute Gasteiger partial charge is 0.381 e.